The maximum absolute atomic E-state index is 12.4. The first-order valence-electron chi connectivity index (χ1n) is 7.95. The Morgan fingerprint density at radius 3 is 2.96 bits per heavy atom. The smallest absolute Gasteiger partial charge is 0.340 e. The lowest BCUT2D eigenvalue weighted by molar-refractivity contribution is 0.0208. The molecule has 2 atom stereocenters. The molecule has 0 N–H and O–H groups in total. The Balaban J connectivity index is 1.69. The minimum atomic E-state index is -0.365. The van der Waals surface area contributed by atoms with Gasteiger partial charge in [0.25, 0.3) is 0 Å². The van der Waals surface area contributed by atoms with Crippen molar-refractivity contribution in [3.8, 4) is 5.75 Å². The van der Waals surface area contributed by atoms with E-state index in [2.05, 4.69) is 10.1 Å². The van der Waals surface area contributed by atoms with Crippen molar-refractivity contribution in [2.75, 3.05) is 0 Å². The summed E-state index contributed by atoms with van der Waals surface area (Å²) in [5, 5.41) is 4.27. The van der Waals surface area contributed by atoms with Crippen molar-refractivity contribution in [3.63, 3.8) is 0 Å². The van der Waals surface area contributed by atoms with E-state index in [0.717, 1.165) is 19.3 Å². The van der Waals surface area contributed by atoms with Crippen molar-refractivity contribution in [2.24, 2.45) is 0 Å². The number of carbonyl (C=O) groups is 1. The Morgan fingerprint density at radius 1 is 1.35 bits per heavy atom. The van der Waals surface area contributed by atoms with Crippen LogP contribution in [-0.4, -0.2) is 32.9 Å². The highest BCUT2D eigenvalue weighted by Crippen LogP contribution is 2.32. The predicted molar refractivity (Wildman–Crippen MR) is 84.3 cm³/mol. The number of ether oxygens (including phenoxy) is 2. The second kappa shape index (κ2) is 6.81. The number of pyridine rings is 1. The fourth-order valence-electron chi connectivity index (χ4n) is 2.90. The van der Waals surface area contributed by atoms with Crippen LogP contribution in [0.4, 0.5) is 0 Å². The zero-order valence-corrected chi connectivity index (χ0v) is 13.4. The van der Waals surface area contributed by atoms with E-state index in [4.69, 9.17) is 9.47 Å². The van der Waals surface area contributed by atoms with Gasteiger partial charge in [0, 0.05) is 18.6 Å². The average molecular weight is 315 g/mol. The van der Waals surface area contributed by atoms with Crippen LogP contribution in [0.2, 0.25) is 0 Å². The van der Waals surface area contributed by atoms with E-state index >= 15 is 0 Å². The van der Waals surface area contributed by atoms with Gasteiger partial charge in [-0.2, -0.15) is 5.10 Å². The third kappa shape index (κ3) is 3.70. The normalized spacial score (nSPS) is 20.7. The molecule has 1 fully saturated rings. The van der Waals surface area contributed by atoms with Gasteiger partial charge in [-0.3, -0.25) is 9.67 Å². The third-order valence-electron chi connectivity index (χ3n) is 3.86. The molecule has 23 heavy (non-hydrogen) atoms. The van der Waals surface area contributed by atoms with Crippen LogP contribution >= 0.6 is 0 Å². The van der Waals surface area contributed by atoms with Crippen LogP contribution in [0.1, 0.15) is 49.5 Å². The molecule has 0 spiro atoms. The number of rotatable bonds is 5. The van der Waals surface area contributed by atoms with Gasteiger partial charge >= 0.3 is 5.97 Å². The maximum atomic E-state index is 12.4. The molecule has 2 aromatic rings. The maximum Gasteiger partial charge on any atom is 0.340 e. The summed E-state index contributed by atoms with van der Waals surface area (Å²) in [6.07, 6.45) is 9.48. The van der Waals surface area contributed by atoms with Gasteiger partial charge in [0.15, 0.2) is 0 Å². The first-order valence-corrected chi connectivity index (χ1v) is 7.95. The van der Waals surface area contributed by atoms with E-state index in [1.54, 1.807) is 18.5 Å². The van der Waals surface area contributed by atoms with Crippen molar-refractivity contribution < 1.29 is 14.3 Å². The lowest BCUT2D eigenvalue weighted by atomic mass is 10.2. The Kier molecular flexibility index (Phi) is 4.60. The largest absolute Gasteiger partial charge is 0.489 e. The molecule has 0 unspecified atom stereocenters. The molecule has 1 saturated carbocycles. The van der Waals surface area contributed by atoms with Crippen molar-refractivity contribution in [1.82, 2.24) is 14.8 Å². The van der Waals surface area contributed by atoms with E-state index in [0.29, 0.717) is 11.3 Å². The molecule has 6 heteroatoms. The van der Waals surface area contributed by atoms with Crippen molar-refractivity contribution in [3.05, 3.63) is 42.5 Å². The molecule has 2 aromatic heterocycles. The van der Waals surface area contributed by atoms with Gasteiger partial charge in [-0.25, -0.2) is 4.79 Å². The summed E-state index contributed by atoms with van der Waals surface area (Å²) in [5.74, 6) is 0.209. The van der Waals surface area contributed by atoms with Crippen LogP contribution < -0.4 is 4.74 Å². The van der Waals surface area contributed by atoms with E-state index in [1.165, 1.54) is 6.20 Å². The minimum absolute atomic E-state index is 0.0297. The minimum Gasteiger partial charge on any atom is -0.489 e. The molecular formula is C17H21N3O3. The highest BCUT2D eigenvalue weighted by atomic mass is 16.5. The average Bonchev–Trinajstić information content (AvgIpc) is 3.17. The Labute approximate surface area is 135 Å². The topological polar surface area (TPSA) is 66.2 Å². The molecule has 2 heterocycles. The van der Waals surface area contributed by atoms with Crippen molar-refractivity contribution in [1.29, 1.82) is 0 Å². The number of nitrogens with zero attached hydrogens (tertiary/aromatic N) is 3. The molecule has 1 aliphatic rings. The van der Waals surface area contributed by atoms with E-state index in [1.807, 2.05) is 30.8 Å². The first-order chi connectivity index (χ1) is 11.1. The monoisotopic (exact) mass is 315 g/mol. The molecule has 0 amide bonds. The zero-order chi connectivity index (χ0) is 16.2. The van der Waals surface area contributed by atoms with Crippen LogP contribution in [0.5, 0.6) is 5.75 Å². The molecule has 0 aromatic carbocycles. The summed E-state index contributed by atoms with van der Waals surface area (Å²) >= 11 is 0. The van der Waals surface area contributed by atoms with Gasteiger partial charge in [0.2, 0.25) is 0 Å². The van der Waals surface area contributed by atoms with Crippen LogP contribution in [0, 0.1) is 0 Å². The van der Waals surface area contributed by atoms with Gasteiger partial charge in [0.05, 0.1) is 23.9 Å². The second-order valence-corrected chi connectivity index (χ2v) is 6.00. The van der Waals surface area contributed by atoms with Crippen LogP contribution in [0.25, 0.3) is 0 Å². The van der Waals surface area contributed by atoms with E-state index < -0.39 is 0 Å². The van der Waals surface area contributed by atoms with Gasteiger partial charge < -0.3 is 9.47 Å². The number of hydrogen-bond acceptors (Lipinski definition) is 5. The third-order valence-corrected chi connectivity index (χ3v) is 3.86. The predicted octanol–water partition coefficient (Wildman–Crippen LogP) is 3.02. The molecule has 0 aliphatic heterocycles. The van der Waals surface area contributed by atoms with Crippen molar-refractivity contribution >= 4 is 5.97 Å². The molecule has 122 valence electrons. The summed E-state index contributed by atoms with van der Waals surface area (Å²) in [5.41, 5.74) is 0.411. The summed E-state index contributed by atoms with van der Waals surface area (Å²) < 4.78 is 13.1. The second-order valence-electron chi connectivity index (χ2n) is 6.00. The van der Waals surface area contributed by atoms with E-state index in [-0.39, 0.29) is 24.2 Å². The van der Waals surface area contributed by atoms with Crippen LogP contribution in [0.3, 0.4) is 0 Å². The van der Waals surface area contributed by atoms with Gasteiger partial charge in [0.1, 0.15) is 11.9 Å². The Hall–Kier alpha value is -2.37. The van der Waals surface area contributed by atoms with Crippen molar-refractivity contribution in [2.45, 2.75) is 51.4 Å². The van der Waals surface area contributed by atoms with E-state index in [9.17, 15) is 4.79 Å². The van der Waals surface area contributed by atoms with Crippen LogP contribution in [0.15, 0.2) is 36.9 Å². The SMILES string of the molecule is CC(C)Oc1cncc(C(=O)O[C@@H]2CCC[C@H]2n2cccn2)c1. The van der Waals surface area contributed by atoms with Gasteiger partial charge in [-0.05, 0) is 45.2 Å². The number of esters is 1. The summed E-state index contributed by atoms with van der Waals surface area (Å²) in [7, 11) is 0. The van der Waals surface area contributed by atoms with Crippen LogP contribution in [-0.2, 0) is 4.74 Å². The summed E-state index contributed by atoms with van der Waals surface area (Å²) in [6, 6.07) is 3.66. The highest BCUT2D eigenvalue weighted by Gasteiger charge is 2.32. The molecule has 0 saturated heterocycles. The molecule has 1 aliphatic carbocycles. The van der Waals surface area contributed by atoms with Gasteiger partial charge in [-0.1, -0.05) is 0 Å². The molecule has 3 rings (SSSR count). The first kappa shape index (κ1) is 15.5. The molecule has 0 bridgehead atoms. The lowest BCUT2D eigenvalue weighted by Crippen LogP contribution is -2.25. The number of aromatic nitrogens is 3. The fourth-order valence-corrected chi connectivity index (χ4v) is 2.90. The lowest BCUT2D eigenvalue weighted by Gasteiger charge is -2.20. The zero-order valence-electron chi connectivity index (χ0n) is 13.4. The molecule has 0 radical (unpaired) electrons. The Bertz CT molecular complexity index is 655. The van der Waals surface area contributed by atoms with Gasteiger partial charge in [-0.15, -0.1) is 0 Å². The Morgan fingerprint density at radius 2 is 2.22 bits per heavy atom. The molecular weight excluding hydrogens is 294 g/mol. The number of hydrogen-bond donors (Lipinski definition) is 0. The summed E-state index contributed by atoms with van der Waals surface area (Å²) in [6.45, 7) is 3.86. The standard InChI is InChI=1S/C17H21N3O3/c1-12(2)22-14-9-13(10-18-11-14)17(21)23-16-6-3-5-15(16)20-8-4-7-19-20/h4,7-12,15-16H,3,5-6H2,1-2H3/t15-,16-/m1/s1. The number of carbonyl (C=O) groups excluding carboxylic acids is 1. The quantitative estimate of drug-likeness (QED) is 0.794. The fraction of sp³-hybridized carbons (Fsp3) is 0.471. The highest BCUT2D eigenvalue weighted by molar-refractivity contribution is 5.89. The summed E-state index contributed by atoms with van der Waals surface area (Å²) in [4.78, 5) is 16.5. The molecule has 6 nitrogen and oxygen atoms in total.